The Morgan fingerprint density at radius 1 is 1.10 bits per heavy atom. The highest BCUT2D eigenvalue weighted by Gasteiger charge is 2.27. The summed E-state index contributed by atoms with van der Waals surface area (Å²) >= 11 is 0. The van der Waals surface area contributed by atoms with Gasteiger partial charge in [0.05, 0.1) is 5.69 Å². The van der Waals surface area contributed by atoms with E-state index in [9.17, 15) is 0 Å². The third-order valence-corrected chi connectivity index (χ3v) is 3.67. The van der Waals surface area contributed by atoms with Gasteiger partial charge in [-0.1, -0.05) is 18.2 Å². The van der Waals surface area contributed by atoms with E-state index in [2.05, 4.69) is 22.1 Å². The number of benzene rings is 1. The van der Waals surface area contributed by atoms with E-state index in [0.29, 0.717) is 11.7 Å². The molecule has 0 atom stereocenters. The zero-order chi connectivity index (χ0) is 13.5. The van der Waals surface area contributed by atoms with Crippen LogP contribution in [0.2, 0.25) is 0 Å². The highest BCUT2D eigenvalue weighted by Crippen LogP contribution is 2.39. The van der Waals surface area contributed by atoms with E-state index >= 15 is 0 Å². The first-order valence-electron chi connectivity index (χ1n) is 6.79. The van der Waals surface area contributed by atoms with Crippen LogP contribution in [0.1, 0.15) is 24.6 Å². The summed E-state index contributed by atoms with van der Waals surface area (Å²) in [4.78, 5) is 13.3. The highest BCUT2D eigenvalue weighted by atomic mass is 15.0. The smallest absolute Gasteiger partial charge is 0.134 e. The number of rotatable bonds is 2. The molecule has 0 saturated heterocycles. The highest BCUT2D eigenvalue weighted by molar-refractivity contribution is 5.95. The number of pyridine rings is 1. The van der Waals surface area contributed by atoms with E-state index in [1.807, 2.05) is 24.4 Å². The number of fused-ring (bicyclic) bond motifs is 1. The normalized spacial score (nSPS) is 14.6. The van der Waals surface area contributed by atoms with Gasteiger partial charge in [-0.25, -0.2) is 9.97 Å². The van der Waals surface area contributed by atoms with Crippen LogP contribution in [-0.4, -0.2) is 15.0 Å². The second kappa shape index (κ2) is 4.27. The first-order valence-corrected chi connectivity index (χ1v) is 6.79. The van der Waals surface area contributed by atoms with Crippen molar-refractivity contribution in [3.63, 3.8) is 0 Å². The molecule has 0 unspecified atom stereocenters. The molecule has 0 bridgehead atoms. The third-order valence-electron chi connectivity index (χ3n) is 3.67. The lowest BCUT2D eigenvalue weighted by molar-refractivity contribution is 0.936. The summed E-state index contributed by atoms with van der Waals surface area (Å²) in [6.45, 7) is 0. The van der Waals surface area contributed by atoms with Crippen LogP contribution >= 0.6 is 0 Å². The second-order valence-corrected chi connectivity index (χ2v) is 5.21. The van der Waals surface area contributed by atoms with Crippen LogP contribution in [0.5, 0.6) is 0 Å². The van der Waals surface area contributed by atoms with E-state index in [-0.39, 0.29) is 0 Å². The molecule has 98 valence electrons. The zero-order valence-electron chi connectivity index (χ0n) is 11.0. The molecule has 1 saturated carbocycles. The maximum Gasteiger partial charge on any atom is 0.134 e. The fourth-order valence-corrected chi connectivity index (χ4v) is 2.48. The molecule has 0 amide bonds. The molecule has 1 aromatic carbocycles. The topological polar surface area (TPSA) is 64.7 Å². The Labute approximate surface area is 116 Å². The van der Waals surface area contributed by atoms with Crippen LogP contribution in [0.4, 0.5) is 5.82 Å². The summed E-state index contributed by atoms with van der Waals surface area (Å²) in [7, 11) is 0. The molecule has 0 aliphatic heterocycles. The molecule has 1 fully saturated rings. The molecule has 4 nitrogen and oxygen atoms in total. The molecule has 20 heavy (non-hydrogen) atoms. The predicted molar refractivity (Wildman–Crippen MR) is 79.2 cm³/mol. The molecular weight excluding hydrogens is 248 g/mol. The van der Waals surface area contributed by atoms with Gasteiger partial charge in [0.25, 0.3) is 0 Å². The molecule has 4 heteroatoms. The van der Waals surface area contributed by atoms with E-state index in [1.54, 1.807) is 6.20 Å². The number of nitrogen functional groups attached to an aromatic ring is 1. The van der Waals surface area contributed by atoms with Crippen LogP contribution in [0.25, 0.3) is 22.0 Å². The molecule has 2 aromatic heterocycles. The quantitative estimate of drug-likeness (QED) is 0.770. The van der Waals surface area contributed by atoms with Gasteiger partial charge in [-0.05, 0) is 24.3 Å². The minimum atomic E-state index is 0.491. The lowest BCUT2D eigenvalue weighted by atomic mass is 10.0. The van der Waals surface area contributed by atoms with Crippen LogP contribution in [-0.2, 0) is 0 Å². The number of aromatic nitrogens is 3. The molecule has 1 aliphatic rings. The number of hydrogen-bond donors (Lipinski definition) is 1. The minimum absolute atomic E-state index is 0.491. The Bertz CT molecular complexity index is 788. The maximum atomic E-state index is 5.94. The van der Waals surface area contributed by atoms with Crippen LogP contribution in [0.3, 0.4) is 0 Å². The summed E-state index contributed by atoms with van der Waals surface area (Å²) in [5, 5.41) is 2.25. The average Bonchev–Trinajstić information content (AvgIpc) is 3.30. The molecule has 0 radical (unpaired) electrons. The van der Waals surface area contributed by atoms with Gasteiger partial charge in [-0.3, -0.25) is 4.98 Å². The zero-order valence-corrected chi connectivity index (χ0v) is 11.0. The number of nitrogens with two attached hydrogens (primary N) is 1. The van der Waals surface area contributed by atoms with Crippen molar-refractivity contribution >= 4 is 16.6 Å². The van der Waals surface area contributed by atoms with Gasteiger partial charge in [0.2, 0.25) is 0 Å². The van der Waals surface area contributed by atoms with Crippen molar-refractivity contribution in [1.82, 2.24) is 15.0 Å². The Balaban J connectivity index is 1.94. The first kappa shape index (κ1) is 11.3. The monoisotopic (exact) mass is 262 g/mol. The van der Waals surface area contributed by atoms with Crippen LogP contribution < -0.4 is 5.73 Å². The van der Waals surface area contributed by atoms with Crippen molar-refractivity contribution in [3.05, 3.63) is 48.5 Å². The van der Waals surface area contributed by atoms with Gasteiger partial charge in [0.1, 0.15) is 11.6 Å². The Kier molecular flexibility index (Phi) is 2.42. The predicted octanol–water partition coefficient (Wildman–Crippen LogP) is 3.15. The van der Waals surface area contributed by atoms with Crippen molar-refractivity contribution in [1.29, 1.82) is 0 Å². The van der Waals surface area contributed by atoms with Crippen molar-refractivity contribution in [3.8, 4) is 11.3 Å². The van der Waals surface area contributed by atoms with Gasteiger partial charge in [-0.2, -0.15) is 0 Å². The first-order chi connectivity index (χ1) is 9.81. The molecule has 1 aliphatic carbocycles. The largest absolute Gasteiger partial charge is 0.384 e. The number of hydrogen-bond acceptors (Lipinski definition) is 4. The minimum Gasteiger partial charge on any atom is -0.384 e. The molecule has 3 aromatic rings. The Morgan fingerprint density at radius 2 is 2.00 bits per heavy atom. The molecular formula is C16H14N4. The van der Waals surface area contributed by atoms with Crippen molar-refractivity contribution in [2.45, 2.75) is 18.8 Å². The Morgan fingerprint density at radius 3 is 2.85 bits per heavy atom. The molecule has 0 spiro atoms. The molecule has 2 heterocycles. The van der Waals surface area contributed by atoms with Crippen molar-refractivity contribution in [2.75, 3.05) is 5.73 Å². The van der Waals surface area contributed by atoms with E-state index < -0.39 is 0 Å². The second-order valence-electron chi connectivity index (χ2n) is 5.21. The SMILES string of the molecule is Nc1cc(-c2cccc3ccncc23)nc(C2CC2)n1. The maximum absolute atomic E-state index is 5.94. The lowest BCUT2D eigenvalue weighted by Crippen LogP contribution is -2.00. The van der Waals surface area contributed by atoms with Gasteiger partial charge < -0.3 is 5.73 Å². The van der Waals surface area contributed by atoms with E-state index in [1.165, 1.54) is 12.8 Å². The summed E-state index contributed by atoms with van der Waals surface area (Å²) in [6, 6.07) is 10.0. The molecule has 4 rings (SSSR count). The lowest BCUT2D eigenvalue weighted by Gasteiger charge is -2.08. The fraction of sp³-hybridized carbons (Fsp3) is 0.188. The summed E-state index contributed by atoms with van der Waals surface area (Å²) < 4.78 is 0. The Hall–Kier alpha value is -2.49. The fourth-order valence-electron chi connectivity index (χ4n) is 2.48. The van der Waals surface area contributed by atoms with Crippen LogP contribution in [0.15, 0.2) is 42.7 Å². The standard InChI is InChI=1S/C16H14N4/c17-15-8-14(19-16(20-15)11-4-5-11)12-3-1-2-10-6-7-18-9-13(10)12/h1-3,6-9,11H,4-5H2,(H2,17,19,20). The van der Waals surface area contributed by atoms with Crippen molar-refractivity contribution < 1.29 is 0 Å². The van der Waals surface area contributed by atoms with E-state index in [0.717, 1.165) is 27.9 Å². The van der Waals surface area contributed by atoms with Gasteiger partial charge >= 0.3 is 0 Å². The summed E-state index contributed by atoms with van der Waals surface area (Å²) in [6.07, 6.45) is 6.01. The third kappa shape index (κ3) is 1.90. The number of nitrogens with zero attached hydrogens (tertiary/aromatic N) is 3. The van der Waals surface area contributed by atoms with Gasteiger partial charge in [-0.15, -0.1) is 0 Å². The van der Waals surface area contributed by atoms with Crippen molar-refractivity contribution in [2.24, 2.45) is 0 Å². The molecule has 2 N–H and O–H groups in total. The number of anilines is 1. The van der Waals surface area contributed by atoms with Gasteiger partial charge in [0, 0.05) is 35.3 Å². The van der Waals surface area contributed by atoms with Crippen LogP contribution in [0, 0.1) is 0 Å². The van der Waals surface area contributed by atoms with E-state index in [4.69, 9.17) is 10.7 Å². The van der Waals surface area contributed by atoms with Gasteiger partial charge in [0.15, 0.2) is 0 Å². The summed E-state index contributed by atoms with van der Waals surface area (Å²) in [5.74, 6) is 1.91. The average molecular weight is 262 g/mol. The summed E-state index contributed by atoms with van der Waals surface area (Å²) in [5.41, 5.74) is 7.89.